The molecule has 1 heteroatoms. The van der Waals surface area contributed by atoms with Crippen LogP contribution in [0.1, 0.15) is 23.6 Å². The fourth-order valence-corrected chi connectivity index (χ4v) is 2.00. The van der Waals surface area contributed by atoms with E-state index in [4.69, 9.17) is 4.74 Å². The van der Waals surface area contributed by atoms with Crippen LogP contribution in [0.2, 0.25) is 0 Å². The van der Waals surface area contributed by atoms with E-state index in [2.05, 4.69) is 55.8 Å². The molecule has 0 heterocycles. The van der Waals surface area contributed by atoms with E-state index in [1.807, 2.05) is 18.2 Å². The summed E-state index contributed by atoms with van der Waals surface area (Å²) in [5, 5.41) is 0. The quantitative estimate of drug-likeness (QED) is 0.704. The highest BCUT2D eigenvalue weighted by Crippen LogP contribution is 2.16. The maximum Gasteiger partial charge on any atom is 0.119 e. The third-order valence-electron chi connectivity index (χ3n) is 2.95. The van der Waals surface area contributed by atoms with Gasteiger partial charge in [0.1, 0.15) is 5.75 Å². The van der Waals surface area contributed by atoms with E-state index >= 15 is 0 Å². The summed E-state index contributed by atoms with van der Waals surface area (Å²) in [7, 11) is 1.69. The largest absolute Gasteiger partial charge is 0.497 e. The van der Waals surface area contributed by atoms with Crippen LogP contribution >= 0.6 is 0 Å². The third-order valence-corrected chi connectivity index (χ3v) is 2.95. The van der Waals surface area contributed by atoms with Crippen LogP contribution in [0.5, 0.6) is 5.75 Å². The summed E-state index contributed by atoms with van der Waals surface area (Å²) in [6.07, 6.45) is 7.43. The molecule has 0 N–H and O–H groups in total. The van der Waals surface area contributed by atoms with Crippen molar-refractivity contribution in [2.45, 2.75) is 13.3 Å². The molecule has 0 aromatic heterocycles. The molecular weight excluding hydrogens is 232 g/mol. The van der Waals surface area contributed by atoms with Crippen molar-refractivity contribution in [3.8, 4) is 5.75 Å². The van der Waals surface area contributed by atoms with Crippen molar-refractivity contribution in [1.82, 2.24) is 0 Å². The van der Waals surface area contributed by atoms with Crippen LogP contribution in [-0.2, 0) is 6.42 Å². The summed E-state index contributed by atoms with van der Waals surface area (Å²) in [6.45, 7) is 2.08. The highest BCUT2D eigenvalue weighted by atomic mass is 16.5. The first-order valence-corrected chi connectivity index (χ1v) is 6.50. The van der Waals surface area contributed by atoms with Crippen molar-refractivity contribution in [1.29, 1.82) is 0 Å². The van der Waals surface area contributed by atoms with E-state index in [-0.39, 0.29) is 0 Å². The van der Waals surface area contributed by atoms with Crippen LogP contribution in [0.25, 0.3) is 12.2 Å². The molecular formula is C18H19O. The lowest BCUT2D eigenvalue weighted by Gasteiger charge is -2.01. The molecule has 0 aliphatic carbocycles. The SMILES string of the molecule is C[CH]Cc1cccc(/C=C/c2cccc(OC)c2)c1. The molecule has 97 valence electrons. The predicted octanol–water partition coefficient (Wildman–Crippen LogP) is 4.63. The van der Waals surface area contributed by atoms with Gasteiger partial charge in [0.25, 0.3) is 0 Å². The Morgan fingerprint density at radius 2 is 1.63 bits per heavy atom. The van der Waals surface area contributed by atoms with Crippen molar-refractivity contribution in [3.05, 3.63) is 71.6 Å². The van der Waals surface area contributed by atoms with E-state index in [0.717, 1.165) is 17.7 Å². The zero-order chi connectivity index (χ0) is 13.5. The van der Waals surface area contributed by atoms with Gasteiger partial charge in [-0.1, -0.05) is 55.5 Å². The minimum Gasteiger partial charge on any atom is -0.497 e. The van der Waals surface area contributed by atoms with Gasteiger partial charge in [0.05, 0.1) is 7.11 Å². The number of methoxy groups -OCH3 is 1. The Morgan fingerprint density at radius 1 is 0.947 bits per heavy atom. The summed E-state index contributed by atoms with van der Waals surface area (Å²) in [6, 6.07) is 16.7. The Hall–Kier alpha value is -2.02. The minimum atomic E-state index is 0.886. The van der Waals surface area contributed by atoms with Crippen LogP contribution in [-0.4, -0.2) is 7.11 Å². The standard InChI is InChI=1S/C18H19O/c1-3-6-15-7-4-8-16(13-15)11-12-17-9-5-10-18(14-17)19-2/h3-5,7-14H,6H2,1-2H3/b12-11+. The molecule has 2 aromatic rings. The van der Waals surface area contributed by atoms with E-state index in [0.29, 0.717) is 0 Å². The Labute approximate surface area is 115 Å². The Bertz CT molecular complexity index is 555. The summed E-state index contributed by atoms with van der Waals surface area (Å²) < 4.78 is 5.22. The predicted molar refractivity (Wildman–Crippen MR) is 82.0 cm³/mol. The molecule has 1 radical (unpaired) electrons. The van der Waals surface area contributed by atoms with Gasteiger partial charge in [-0.15, -0.1) is 0 Å². The van der Waals surface area contributed by atoms with E-state index in [1.165, 1.54) is 11.1 Å². The zero-order valence-electron chi connectivity index (χ0n) is 11.5. The van der Waals surface area contributed by atoms with Crippen LogP contribution in [0.4, 0.5) is 0 Å². The molecule has 0 unspecified atom stereocenters. The Balaban J connectivity index is 2.15. The Kier molecular flexibility index (Phi) is 4.79. The molecule has 0 aliphatic heterocycles. The fraction of sp³-hybridized carbons (Fsp3) is 0.167. The topological polar surface area (TPSA) is 9.23 Å². The first kappa shape index (κ1) is 13.4. The van der Waals surface area contributed by atoms with Crippen molar-refractivity contribution in [2.75, 3.05) is 7.11 Å². The molecule has 0 atom stereocenters. The van der Waals surface area contributed by atoms with Crippen molar-refractivity contribution in [3.63, 3.8) is 0 Å². The van der Waals surface area contributed by atoms with Gasteiger partial charge < -0.3 is 4.74 Å². The lowest BCUT2D eigenvalue weighted by atomic mass is 10.1. The van der Waals surface area contributed by atoms with E-state index in [9.17, 15) is 0 Å². The second kappa shape index (κ2) is 6.79. The number of hydrogen-bond donors (Lipinski definition) is 0. The molecule has 0 fully saturated rings. The number of benzene rings is 2. The van der Waals surface area contributed by atoms with Gasteiger partial charge in [0, 0.05) is 0 Å². The fourth-order valence-electron chi connectivity index (χ4n) is 2.00. The van der Waals surface area contributed by atoms with Gasteiger partial charge in [0.2, 0.25) is 0 Å². The lowest BCUT2D eigenvalue weighted by molar-refractivity contribution is 0.414. The summed E-state index contributed by atoms with van der Waals surface area (Å²) in [5.41, 5.74) is 3.71. The monoisotopic (exact) mass is 251 g/mol. The first-order chi connectivity index (χ1) is 9.31. The molecule has 0 spiro atoms. The third kappa shape index (κ3) is 3.99. The normalized spacial score (nSPS) is 10.8. The van der Waals surface area contributed by atoms with Crippen molar-refractivity contribution in [2.24, 2.45) is 0 Å². The van der Waals surface area contributed by atoms with Gasteiger partial charge in [0.15, 0.2) is 0 Å². The molecule has 0 saturated carbocycles. The average molecular weight is 251 g/mol. The maximum absolute atomic E-state index is 5.22. The smallest absolute Gasteiger partial charge is 0.119 e. The van der Waals surface area contributed by atoms with Gasteiger partial charge in [-0.3, -0.25) is 0 Å². The molecule has 0 saturated heterocycles. The molecule has 0 bridgehead atoms. The first-order valence-electron chi connectivity index (χ1n) is 6.50. The lowest BCUT2D eigenvalue weighted by Crippen LogP contribution is -1.84. The second-order valence-electron chi connectivity index (χ2n) is 4.47. The number of ether oxygens (including phenoxy) is 1. The molecule has 1 nitrogen and oxygen atoms in total. The number of rotatable bonds is 5. The van der Waals surface area contributed by atoms with Crippen LogP contribution in [0.15, 0.2) is 48.5 Å². The highest BCUT2D eigenvalue weighted by molar-refractivity contribution is 5.70. The van der Waals surface area contributed by atoms with E-state index < -0.39 is 0 Å². The van der Waals surface area contributed by atoms with Gasteiger partial charge >= 0.3 is 0 Å². The van der Waals surface area contributed by atoms with Crippen LogP contribution < -0.4 is 4.74 Å². The second-order valence-corrected chi connectivity index (χ2v) is 4.47. The summed E-state index contributed by atoms with van der Waals surface area (Å²) >= 11 is 0. The number of hydrogen-bond acceptors (Lipinski definition) is 1. The summed E-state index contributed by atoms with van der Waals surface area (Å²) in [5.74, 6) is 0.886. The van der Waals surface area contributed by atoms with Gasteiger partial charge in [-0.25, -0.2) is 0 Å². The maximum atomic E-state index is 5.22. The van der Waals surface area contributed by atoms with Gasteiger partial charge in [-0.2, -0.15) is 0 Å². The van der Waals surface area contributed by atoms with Crippen LogP contribution in [0, 0.1) is 6.42 Å². The van der Waals surface area contributed by atoms with Crippen molar-refractivity contribution >= 4 is 12.2 Å². The molecule has 0 aliphatic rings. The molecule has 2 rings (SSSR count). The molecule has 19 heavy (non-hydrogen) atoms. The zero-order valence-corrected chi connectivity index (χ0v) is 11.5. The summed E-state index contributed by atoms with van der Waals surface area (Å²) in [4.78, 5) is 0. The Morgan fingerprint density at radius 3 is 2.32 bits per heavy atom. The minimum absolute atomic E-state index is 0.886. The molecule has 2 aromatic carbocycles. The average Bonchev–Trinajstić information content (AvgIpc) is 2.46. The molecule has 0 amide bonds. The highest BCUT2D eigenvalue weighted by Gasteiger charge is 1.94. The van der Waals surface area contributed by atoms with Crippen LogP contribution in [0.3, 0.4) is 0 Å². The van der Waals surface area contributed by atoms with Crippen molar-refractivity contribution < 1.29 is 4.74 Å². The van der Waals surface area contributed by atoms with Gasteiger partial charge in [-0.05, 0) is 41.7 Å². The van der Waals surface area contributed by atoms with E-state index in [1.54, 1.807) is 7.11 Å².